The van der Waals surface area contributed by atoms with Gasteiger partial charge < -0.3 is 19.1 Å². The minimum absolute atomic E-state index is 0.137. The zero-order valence-electron chi connectivity index (χ0n) is 15.3. The fourth-order valence-electron chi connectivity index (χ4n) is 4.56. The molecule has 5 nitrogen and oxygen atoms in total. The van der Waals surface area contributed by atoms with Gasteiger partial charge in [-0.3, -0.25) is 4.79 Å². The van der Waals surface area contributed by atoms with E-state index in [0.29, 0.717) is 55.9 Å². The maximum atomic E-state index is 13.8. The third kappa shape index (κ3) is 3.85. The number of likely N-dealkylation sites (tertiary alicyclic amines) is 1. The molecule has 3 saturated heterocycles. The van der Waals surface area contributed by atoms with Crippen molar-refractivity contribution in [3.05, 3.63) is 33.8 Å². The van der Waals surface area contributed by atoms with Gasteiger partial charge in [-0.25, -0.2) is 0 Å². The molecular formula is C20H25Cl2NO4. The molecule has 0 aliphatic carbocycles. The predicted molar refractivity (Wildman–Crippen MR) is 103 cm³/mol. The average molecular weight is 414 g/mol. The highest BCUT2D eigenvalue weighted by atomic mass is 35.5. The van der Waals surface area contributed by atoms with Gasteiger partial charge >= 0.3 is 0 Å². The smallest absolute Gasteiger partial charge is 0.233 e. The van der Waals surface area contributed by atoms with E-state index >= 15 is 0 Å². The maximum absolute atomic E-state index is 13.8. The molecule has 0 radical (unpaired) electrons. The largest absolute Gasteiger partial charge is 0.381 e. The lowest BCUT2D eigenvalue weighted by Gasteiger charge is -2.43. The van der Waals surface area contributed by atoms with Crippen LogP contribution in [0.4, 0.5) is 0 Å². The van der Waals surface area contributed by atoms with Crippen molar-refractivity contribution in [1.29, 1.82) is 0 Å². The summed E-state index contributed by atoms with van der Waals surface area (Å²) in [5.74, 6) is 0.362. The number of amides is 1. The van der Waals surface area contributed by atoms with Crippen molar-refractivity contribution in [3.8, 4) is 0 Å². The minimum atomic E-state index is -0.654. The van der Waals surface area contributed by atoms with Crippen LogP contribution in [-0.2, 0) is 24.4 Å². The van der Waals surface area contributed by atoms with Crippen molar-refractivity contribution in [3.63, 3.8) is 0 Å². The Morgan fingerprint density at radius 3 is 2.56 bits per heavy atom. The molecule has 0 N–H and O–H groups in total. The molecule has 1 amide bonds. The van der Waals surface area contributed by atoms with Crippen molar-refractivity contribution in [1.82, 2.24) is 4.90 Å². The van der Waals surface area contributed by atoms with Crippen molar-refractivity contribution in [2.45, 2.75) is 37.4 Å². The van der Waals surface area contributed by atoms with Crippen LogP contribution in [0, 0.1) is 5.92 Å². The summed E-state index contributed by atoms with van der Waals surface area (Å²) < 4.78 is 17.0. The van der Waals surface area contributed by atoms with Crippen molar-refractivity contribution in [2.24, 2.45) is 5.92 Å². The summed E-state index contributed by atoms with van der Waals surface area (Å²) in [6.07, 6.45) is 3.05. The molecule has 1 aromatic rings. The Kier molecular flexibility index (Phi) is 5.95. The van der Waals surface area contributed by atoms with Crippen LogP contribution in [-0.4, -0.2) is 56.6 Å². The Morgan fingerprint density at radius 2 is 1.85 bits per heavy atom. The lowest BCUT2D eigenvalue weighted by atomic mass is 9.72. The molecule has 1 aromatic carbocycles. The summed E-state index contributed by atoms with van der Waals surface area (Å²) in [6.45, 7) is 3.80. The van der Waals surface area contributed by atoms with E-state index in [-0.39, 0.29) is 18.1 Å². The fraction of sp³-hybridized carbons (Fsp3) is 0.650. The van der Waals surface area contributed by atoms with Crippen LogP contribution in [0.3, 0.4) is 0 Å². The number of hydrogen-bond donors (Lipinski definition) is 0. The van der Waals surface area contributed by atoms with Gasteiger partial charge in [-0.1, -0.05) is 29.3 Å². The zero-order chi connectivity index (χ0) is 18.9. The molecule has 3 fully saturated rings. The Balaban J connectivity index is 1.60. The summed E-state index contributed by atoms with van der Waals surface area (Å²) in [5, 5.41) is 1.13. The minimum Gasteiger partial charge on any atom is -0.381 e. The van der Waals surface area contributed by atoms with Crippen LogP contribution in [0.25, 0.3) is 0 Å². The van der Waals surface area contributed by atoms with Gasteiger partial charge in [-0.15, -0.1) is 0 Å². The first-order valence-corrected chi connectivity index (χ1v) is 10.4. The van der Waals surface area contributed by atoms with Gasteiger partial charge in [0.15, 0.2) is 6.29 Å². The van der Waals surface area contributed by atoms with Gasteiger partial charge in [-0.05, 0) is 43.4 Å². The van der Waals surface area contributed by atoms with E-state index in [9.17, 15) is 4.79 Å². The number of ether oxygens (including phenoxy) is 3. The highest BCUT2D eigenvalue weighted by molar-refractivity contribution is 6.35. The van der Waals surface area contributed by atoms with Crippen LogP contribution in [0.1, 0.15) is 31.2 Å². The lowest BCUT2D eigenvalue weighted by Crippen LogP contribution is -2.53. The predicted octanol–water partition coefficient (Wildman–Crippen LogP) is 3.65. The van der Waals surface area contributed by atoms with E-state index in [2.05, 4.69) is 0 Å². The van der Waals surface area contributed by atoms with E-state index in [4.69, 9.17) is 37.4 Å². The third-order valence-electron chi connectivity index (χ3n) is 5.98. The second-order valence-electron chi connectivity index (χ2n) is 7.58. The van der Waals surface area contributed by atoms with Crippen molar-refractivity contribution < 1.29 is 19.0 Å². The monoisotopic (exact) mass is 413 g/mol. The second-order valence-corrected chi connectivity index (χ2v) is 8.43. The first-order chi connectivity index (χ1) is 13.1. The number of halogens is 2. The van der Waals surface area contributed by atoms with Crippen molar-refractivity contribution in [2.75, 3.05) is 39.5 Å². The summed E-state index contributed by atoms with van der Waals surface area (Å²) in [5.41, 5.74) is 0.205. The fourth-order valence-corrected chi connectivity index (χ4v) is 5.15. The number of carbonyl (C=O) groups is 1. The SMILES string of the molecule is O=C(N1CCCC(C2OCCO2)C1)C1(c2ccc(Cl)cc2Cl)CCOCC1. The van der Waals surface area contributed by atoms with Crippen LogP contribution in [0.15, 0.2) is 18.2 Å². The van der Waals surface area contributed by atoms with Gasteiger partial charge in [0.1, 0.15) is 0 Å². The second kappa shape index (κ2) is 8.26. The van der Waals surface area contributed by atoms with Crippen LogP contribution >= 0.6 is 23.2 Å². The first kappa shape index (κ1) is 19.5. The van der Waals surface area contributed by atoms with Crippen LogP contribution in [0.5, 0.6) is 0 Å². The van der Waals surface area contributed by atoms with E-state index in [1.54, 1.807) is 6.07 Å². The molecule has 3 aliphatic rings. The Bertz CT molecular complexity index is 687. The van der Waals surface area contributed by atoms with Gasteiger partial charge in [0.25, 0.3) is 0 Å². The topological polar surface area (TPSA) is 48.0 Å². The third-order valence-corrected chi connectivity index (χ3v) is 6.53. The highest BCUT2D eigenvalue weighted by Crippen LogP contribution is 2.42. The Labute approximate surface area is 169 Å². The molecule has 27 heavy (non-hydrogen) atoms. The summed E-state index contributed by atoms with van der Waals surface area (Å²) in [7, 11) is 0. The van der Waals surface area contributed by atoms with Gasteiger partial charge in [-0.2, -0.15) is 0 Å². The van der Waals surface area contributed by atoms with Crippen molar-refractivity contribution >= 4 is 29.1 Å². The van der Waals surface area contributed by atoms with Gasteiger partial charge in [0.2, 0.25) is 5.91 Å². The van der Waals surface area contributed by atoms with Gasteiger partial charge in [0.05, 0.1) is 18.6 Å². The Hall–Kier alpha value is -0.850. The first-order valence-electron chi connectivity index (χ1n) is 9.66. The standard InChI is InChI=1S/C20H25Cl2NO4/c21-15-3-4-16(17(22)12-15)20(5-8-25-9-6-20)19(24)23-7-1-2-14(13-23)18-26-10-11-27-18/h3-4,12,14,18H,1-2,5-11,13H2. The number of hydrogen-bond acceptors (Lipinski definition) is 4. The molecule has 148 valence electrons. The molecule has 0 spiro atoms. The number of piperidine rings is 1. The molecular weight excluding hydrogens is 389 g/mol. The van der Waals surface area contributed by atoms with E-state index < -0.39 is 5.41 Å². The number of benzene rings is 1. The quantitative estimate of drug-likeness (QED) is 0.758. The number of carbonyl (C=O) groups excluding carboxylic acids is 1. The van der Waals surface area contributed by atoms with E-state index in [1.807, 2.05) is 17.0 Å². The molecule has 1 atom stereocenters. The number of nitrogens with zero attached hydrogens (tertiary/aromatic N) is 1. The number of rotatable bonds is 3. The molecule has 1 unspecified atom stereocenters. The molecule has 0 aromatic heterocycles. The van der Waals surface area contributed by atoms with E-state index in [1.165, 1.54) is 0 Å². The Morgan fingerprint density at radius 1 is 1.11 bits per heavy atom. The molecule has 4 rings (SSSR count). The summed E-state index contributed by atoms with van der Waals surface area (Å²) in [6, 6.07) is 5.44. The van der Waals surface area contributed by atoms with E-state index in [0.717, 1.165) is 24.9 Å². The van der Waals surface area contributed by atoms with Crippen LogP contribution < -0.4 is 0 Å². The summed E-state index contributed by atoms with van der Waals surface area (Å²) in [4.78, 5) is 15.8. The van der Waals surface area contributed by atoms with Crippen LogP contribution in [0.2, 0.25) is 10.0 Å². The molecule has 3 aliphatic heterocycles. The zero-order valence-corrected chi connectivity index (χ0v) is 16.8. The molecule has 0 bridgehead atoms. The van der Waals surface area contributed by atoms with Gasteiger partial charge in [0, 0.05) is 42.3 Å². The average Bonchev–Trinajstić information content (AvgIpc) is 3.23. The summed E-state index contributed by atoms with van der Waals surface area (Å²) >= 11 is 12.6. The maximum Gasteiger partial charge on any atom is 0.233 e. The highest BCUT2D eigenvalue weighted by Gasteiger charge is 2.46. The molecule has 7 heteroatoms. The normalized spacial score (nSPS) is 26.3. The molecule has 0 saturated carbocycles. The lowest BCUT2D eigenvalue weighted by molar-refractivity contribution is -0.148. The molecule has 3 heterocycles.